The SMILES string of the molecule is CC1(C)c2cc(-c3ccc4c(c3)c3ccccc3n4-c3ccccc3)ccc2-c2ccc(N(c3ccccc3)c3ccccc3)cc21. The Morgan fingerprint density at radius 2 is 0.957 bits per heavy atom. The van der Waals surface area contributed by atoms with Crippen LogP contribution in [-0.2, 0) is 5.41 Å². The van der Waals surface area contributed by atoms with Crippen molar-refractivity contribution < 1.29 is 0 Å². The van der Waals surface area contributed by atoms with Gasteiger partial charge in [0.05, 0.1) is 11.0 Å². The molecule has 0 fully saturated rings. The molecule has 0 bridgehead atoms. The smallest absolute Gasteiger partial charge is 0.0541 e. The molecule has 0 N–H and O–H groups in total. The van der Waals surface area contributed by atoms with Gasteiger partial charge in [0.1, 0.15) is 0 Å². The molecule has 1 heterocycles. The predicted molar refractivity (Wildman–Crippen MR) is 198 cm³/mol. The van der Waals surface area contributed by atoms with E-state index < -0.39 is 0 Å². The Bertz CT molecular complexity index is 2380. The molecule has 0 spiro atoms. The zero-order valence-corrected chi connectivity index (χ0v) is 26.6. The summed E-state index contributed by atoms with van der Waals surface area (Å²) in [5.41, 5.74) is 14.8. The van der Waals surface area contributed by atoms with Crippen molar-refractivity contribution in [1.82, 2.24) is 4.57 Å². The lowest BCUT2D eigenvalue weighted by Gasteiger charge is -2.28. The van der Waals surface area contributed by atoms with Gasteiger partial charge in [0, 0.05) is 38.9 Å². The van der Waals surface area contributed by atoms with Gasteiger partial charge in [-0.3, -0.25) is 0 Å². The molecular formula is C45H34N2. The topological polar surface area (TPSA) is 8.17 Å². The van der Waals surface area contributed by atoms with E-state index in [9.17, 15) is 0 Å². The molecule has 0 saturated carbocycles. The molecule has 7 aromatic carbocycles. The zero-order valence-electron chi connectivity index (χ0n) is 26.6. The van der Waals surface area contributed by atoms with Gasteiger partial charge in [0.15, 0.2) is 0 Å². The van der Waals surface area contributed by atoms with E-state index in [0.717, 1.165) is 11.4 Å². The highest BCUT2D eigenvalue weighted by Gasteiger charge is 2.36. The van der Waals surface area contributed by atoms with Gasteiger partial charge in [-0.05, 0) is 106 Å². The molecule has 47 heavy (non-hydrogen) atoms. The molecule has 2 nitrogen and oxygen atoms in total. The molecule has 1 aliphatic rings. The summed E-state index contributed by atoms with van der Waals surface area (Å²) in [6, 6.07) is 61.7. The second-order valence-electron chi connectivity index (χ2n) is 13.0. The van der Waals surface area contributed by atoms with Gasteiger partial charge in [0.25, 0.3) is 0 Å². The quantitative estimate of drug-likeness (QED) is 0.190. The van der Waals surface area contributed by atoms with Crippen LogP contribution in [0.5, 0.6) is 0 Å². The van der Waals surface area contributed by atoms with Crippen molar-refractivity contribution >= 4 is 38.9 Å². The van der Waals surface area contributed by atoms with Crippen LogP contribution in [-0.4, -0.2) is 4.57 Å². The van der Waals surface area contributed by atoms with E-state index in [4.69, 9.17) is 0 Å². The summed E-state index contributed by atoms with van der Waals surface area (Å²) in [6.07, 6.45) is 0. The normalized spacial score (nSPS) is 13.1. The van der Waals surface area contributed by atoms with Crippen molar-refractivity contribution in [2.75, 3.05) is 4.90 Å². The largest absolute Gasteiger partial charge is 0.310 e. The highest BCUT2D eigenvalue weighted by molar-refractivity contribution is 6.10. The predicted octanol–water partition coefficient (Wildman–Crippen LogP) is 12.2. The van der Waals surface area contributed by atoms with E-state index in [0.29, 0.717) is 0 Å². The Labute approximate surface area is 275 Å². The van der Waals surface area contributed by atoms with Crippen molar-refractivity contribution in [2.24, 2.45) is 0 Å². The minimum absolute atomic E-state index is 0.150. The first-order chi connectivity index (χ1) is 23.1. The molecule has 8 aromatic rings. The zero-order chi connectivity index (χ0) is 31.5. The van der Waals surface area contributed by atoms with Crippen LogP contribution < -0.4 is 4.90 Å². The second-order valence-corrected chi connectivity index (χ2v) is 13.0. The van der Waals surface area contributed by atoms with Gasteiger partial charge in [-0.1, -0.05) is 111 Å². The standard InChI is InChI=1S/C45H34N2/c1-45(2)41-29-32(31-23-27-44-40(28-31)39-20-12-13-21-43(39)47(44)35-18-10-5-11-19-35)22-25-37(41)38-26-24-36(30-42(38)45)46(33-14-6-3-7-15-33)34-16-8-4-9-17-34/h3-30H,1-2H3. The van der Waals surface area contributed by atoms with Crippen LogP contribution in [0, 0.1) is 0 Å². The van der Waals surface area contributed by atoms with Crippen LogP contribution in [0.15, 0.2) is 170 Å². The Morgan fingerprint density at radius 3 is 1.66 bits per heavy atom. The molecule has 9 rings (SSSR count). The monoisotopic (exact) mass is 602 g/mol. The molecule has 2 heteroatoms. The number of para-hydroxylation sites is 4. The Balaban J connectivity index is 1.14. The first-order valence-corrected chi connectivity index (χ1v) is 16.4. The van der Waals surface area contributed by atoms with Gasteiger partial charge >= 0.3 is 0 Å². The third-order valence-electron chi connectivity index (χ3n) is 9.97. The van der Waals surface area contributed by atoms with Crippen molar-refractivity contribution in [3.05, 3.63) is 181 Å². The summed E-state index contributed by atoms with van der Waals surface area (Å²) in [4.78, 5) is 2.35. The lowest BCUT2D eigenvalue weighted by atomic mass is 9.81. The van der Waals surface area contributed by atoms with Crippen LogP contribution in [0.3, 0.4) is 0 Å². The third kappa shape index (κ3) is 4.33. The van der Waals surface area contributed by atoms with E-state index in [1.165, 1.54) is 66.6 Å². The molecular weight excluding hydrogens is 569 g/mol. The maximum absolute atomic E-state index is 2.43. The molecule has 224 valence electrons. The van der Waals surface area contributed by atoms with Gasteiger partial charge in [-0.15, -0.1) is 0 Å². The van der Waals surface area contributed by atoms with Crippen LogP contribution in [0.4, 0.5) is 17.1 Å². The van der Waals surface area contributed by atoms with Crippen LogP contribution >= 0.6 is 0 Å². The van der Waals surface area contributed by atoms with Crippen LogP contribution in [0.25, 0.3) is 49.7 Å². The summed E-state index contributed by atoms with van der Waals surface area (Å²) in [5.74, 6) is 0. The summed E-state index contributed by atoms with van der Waals surface area (Å²) >= 11 is 0. The van der Waals surface area contributed by atoms with E-state index in [2.05, 4.69) is 193 Å². The molecule has 0 amide bonds. The number of fused-ring (bicyclic) bond motifs is 6. The average Bonchev–Trinajstić information content (AvgIpc) is 3.57. The number of nitrogens with zero attached hydrogens (tertiary/aromatic N) is 2. The fourth-order valence-electron chi connectivity index (χ4n) is 7.65. The maximum atomic E-state index is 2.43. The molecule has 0 radical (unpaired) electrons. The summed E-state index contributed by atoms with van der Waals surface area (Å²) < 4.78 is 2.38. The Hall–Kier alpha value is -5.86. The third-order valence-corrected chi connectivity index (χ3v) is 9.97. The summed E-state index contributed by atoms with van der Waals surface area (Å²) in [5, 5.41) is 2.55. The van der Waals surface area contributed by atoms with Crippen molar-refractivity contribution in [2.45, 2.75) is 19.3 Å². The van der Waals surface area contributed by atoms with Crippen LogP contribution in [0.2, 0.25) is 0 Å². The van der Waals surface area contributed by atoms with Gasteiger partial charge in [-0.2, -0.15) is 0 Å². The molecule has 0 aliphatic heterocycles. The van der Waals surface area contributed by atoms with Gasteiger partial charge in [-0.25, -0.2) is 0 Å². The fraction of sp³-hybridized carbons (Fsp3) is 0.0667. The van der Waals surface area contributed by atoms with Crippen molar-refractivity contribution in [3.63, 3.8) is 0 Å². The van der Waals surface area contributed by atoms with E-state index in [1.54, 1.807) is 0 Å². The lowest BCUT2D eigenvalue weighted by molar-refractivity contribution is 0.660. The van der Waals surface area contributed by atoms with E-state index in [-0.39, 0.29) is 5.41 Å². The molecule has 0 unspecified atom stereocenters. The van der Waals surface area contributed by atoms with E-state index in [1.807, 2.05) is 0 Å². The van der Waals surface area contributed by atoms with Crippen LogP contribution in [0.1, 0.15) is 25.0 Å². The van der Waals surface area contributed by atoms with Gasteiger partial charge < -0.3 is 9.47 Å². The first-order valence-electron chi connectivity index (χ1n) is 16.4. The fourth-order valence-corrected chi connectivity index (χ4v) is 7.65. The summed E-state index contributed by atoms with van der Waals surface area (Å²) in [7, 11) is 0. The minimum Gasteiger partial charge on any atom is -0.310 e. The number of rotatable bonds is 5. The summed E-state index contributed by atoms with van der Waals surface area (Å²) in [6.45, 7) is 4.74. The van der Waals surface area contributed by atoms with Gasteiger partial charge in [0.2, 0.25) is 0 Å². The molecule has 1 aliphatic carbocycles. The minimum atomic E-state index is -0.150. The number of hydrogen-bond acceptors (Lipinski definition) is 1. The highest BCUT2D eigenvalue weighted by Crippen LogP contribution is 2.51. The second kappa shape index (κ2) is 10.6. The number of aromatic nitrogens is 1. The van der Waals surface area contributed by atoms with Crippen molar-refractivity contribution in [3.8, 4) is 27.9 Å². The number of benzene rings is 7. The number of hydrogen-bond donors (Lipinski definition) is 0. The van der Waals surface area contributed by atoms with E-state index >= 15 is 0 Å². The molecule has 1 aromatic heterocycles. The number of anilines is 3. The average molecular weight is 603 g/mol. The maximum Gasteiger partial charge on any atom is 0.0541 e. The highest BCUT2D eigenvalue weighted by atomic mass is 15.1. The lowest BCUT2D eigenvalue weighted by Crippen LogP contribution is -2.16. The first kappa shape index (κ1) is 27.5. The Kier molecular flexibility index (Phi) is 6.20. The molecule has 0 atom stereocenters. The van der Waals surface area contributed by atoms with Crippen molar-refractivity contribution in [1.29, 1.82) is 0 Å². The molecule has 0 saturated heterocycles. The Morgan fingerprint density at radius 1 is 0.426 bits per heavy atom.